The van der Waals surface area contributed by atoms with E-state index in [0.717, 1.165) is 17.3 Å². The molecular weight excluding hydrogens is 222 g/mol. The average molecular weight is 243 g/mol. The number of imidazole rings is 1. The normalized spacial score (nSPS) is 15.3. The largest absolute Gasteiger partial charge is 0.394 e. The lowest BCUT2D eigenvalue weighted by Crippen LogP contribution is -2.49. The molecule has 0 aromatic carbocycles. The maximum Gasteiger partial charge on any atom is 0.165 e. The van der Waals surface area contributed by atoms with Gasteiger partial charge in [-0.15, -0.1) is 0 Å². The molecule has 0 aliphatic carbocycles. The van der Waals surface area contributed by atoms with Gasteiger partial charge in [-0.1, -0.05) is 25.6 Å². The molecule has 1 atom stereocenters. The van der Waals surface area contributed by atoms with Gasteiger partial charge < -0.3 is 15.4 Å². The molecule has 1 aromatic rings. The first-order chi connectivity index (χ1) is 7.56. The summed E-state index contributed by atoms with van der Waals surface area (Å²) in [5.41, 5.74) is -0.201. The maximum atomic E-state index is 9.40. The first kappa shape index (κ1) is 13.5. The van der Waals surface area contributed by atoms with E-state index in [1.54, 1.807) is 18.0 Å². The highest BCUT2D eigenvalue weighted by molar-refractivity contribution is 7.99. The second-order valence-electron chi connectivity index (χ2n) is 4.51. The molecule has 0 aliphatic heterocycles. The smallest absolute Gasteiger partial charge is 0.165 e. The monoisotopic (exact) mass is 243 g/mol. The molecule has 4 nitrogen and oxygen atoms in total. The Hall–Kier alpha value is -0.520. The lowest BCUT2D eigenvalue weighted by molar-refractivity contribution is 0.162. The molecule has 0 amide bonds. The molecule has 0 aliphatic rings. The van der Waals surface area contributed by atoms with Gasteiger partial charge in [0, 0.05) is 29.7 Å². The van der Waals surface area contributed by atoms with Gasteiger partial charge in [0.25, 0.3) is 0 Å². The van der Waals surface area contributed by atoms with Crippen molar-refractivity contribution in [3.8, 4) is 0 Å². The molecule has 0 spiro atoms. The van der Waals surface area contributed by atoms with Crippen molar-refractivity contribution < 1.29 is 5.11 Å². The highest BCUT2D eigenvalue weighted by Crippen LogP contribution is 2.18. The topological polar surface area (TPSA) is 60.9 Å². The maximum absolute atomic E-state index is 9.40. The van der Waals surface area contributed by atoms with Crippen LogP contribution in [0.2, 0.25) is 0 Å². The molecule has 0 saturated heterocycles. The van der Waals surface area contributed by atoms with E-state index < -0.39 is 0 Å². The number of rotatable bonds is 7. The zero-order valence-corrected chi connectivity index (χ0v) is 11.0. The van der Waals surface area contributed by atoms with Crippen LogP contribution in [0.5, 0.6) is 0 Å². The summed E-state index contributed by atoms with van der Waals surface area (Å²) in [5, 5.41) is 13.7. The lowest BCUT2D eigenvalue weighted by Gasteiger charge is -2.30. The molecule has 1 aromatic heterocycles. The molecule has 16 heavy (non-hydrogen) atoms. The van der Waals surface area contributed by atoms with E-state index in [-0.39, 0.29) is 12.1 Å². The van der Waals surface area contributed by atoms with E-state index in [0.29, 0.717) is 6.04 Å². The number of aliphatic hydroxyl groups is 1. The van der Waals surface area contributed by atoms with Crippen molar-refractivity contribution in [3.05, 3.63) is 12.4 Å². The third-order valence-electron chi connectivity index (χ3n) is 2.35. The molecule has 1 unspecified atom stereocenters. The van der Waals surface area contributed by atoms with Crippen LogP contribution in [0.25, 0.3) is 0 Å². The summed E-state index contributed by atoms with van der Waals surface area (Å²) in [6.07, 6.45) is 4.48. The number of hydrogen-bond donors (Lipinski definition) is 3. The van der Waals surface area contributed by atoms with E-state index in [1.165, 1.54) is 0 Å². The zero-order chi connectivity index (χ0) is 12.0. The van der Waals surface area contributed by atoms with E-state index in [1.807, 2.05) is 6.20 Å². The first-order valence-corrected chi connectivity index (χ1v) is 6.55. The Morgan fingerprint density at radius 2 is 2.38 bits per heavy atom. The minimum atomic E-state index is -0.201. The number of nitrogens with one attached hydrogen (secondary N) is 2. The van der Waals surface area contributed by atoms with Gasteiger partial charge in [-0.05, 0) is 13.3 Å². The summed E-state index contributed by atoms with van der Waals surface area (Å²) >= 11 is 1.68. The predicted molar refractivity (Wildman–Crippen MR) is 67.7 cm³/mol. The van der Waals surface area contributed by atoms with Crippen LogP contribution >= 0.6 is 11.8 Å². The van der Waals surface area contributed by atoms with Crippen LogP contribution < -0.4 is 5.32 Å². The van der Waals surface area contributed by atoms with Crippen LogP contribution in [0, 0.1) is 0 Å². The first-order valence-electron chi connectivity index (χ1n) is 5.56. The van der Waals surface area contributed by atoms with E-state index in [9.17, 15) is 5.11 Å². The Morgan fingerprint density at radius 3 is 2.88 bits per heavy atom. The number of aromatic nitrogens is 2. The molecule has 1 rings (SSSR count). The Labute approximate surface area is 101 Å². The van der Waals surface area contributed by atoms with Crippen molar-refractivity contribution in [2.75, 3.05) is 12.4 Å². The fraction of sp³-hybridized carbons (Fsp3) is 0.727. The van der Waals surface area contributed by atoms with E-state index >= 15 is 0 Å². The molecule has 0 radical (unpaired) electrons. The summed E-state index contributed by atoms with van der Waals surface area (Å²) in [7, 11) is 0. The second kappa shape index (κ2) is 6.27. The quantitative estimate of drug-likeness (QED) is 0.637. The Kier molecular flexibility index (Phi) is 5.31. The van der Waals surface area contributed by atoms with E-state index in [4.69, 9.17) is 0 Å². The summed E-state index contributed by atoms with van der Waals surface area (Å²) < 4.78 is 0. The van der Waals surface area contributed by atoms with E-state index in [2.05, 4.69) is 36.1 Å². The standard InChI is InChI=1S/C11H21N3OS/c1-9(2)14-11(3,8-15)4-7-16-10-12-5-6-13-10/h5-6,9,14-15H,4,7-8H2,1-3H3,(H,12,13). The van der Waals surface area contributed by atoms with Crippen LogP contribution in [0.1, 0.15) is 27.2 Å². The summed E-state index contributed by atoms with van der Waals surface area (Å²) in [6, 6.07) is 0.380. The van der Waals surface area contributed by atoms with Gasteiger partial charge in [0.1, 0.15) is 0 Å². The van der Waals surface area contributed by atoms with Crippen LogP contribution in [-0.2, 0) is 0 Å². The van der Waals surface area contributed by atoms with Crippen LogP contribution in [0.15, 0.2) is 17.6 Å². The lowest BCUT2D eigenvalue weighted by atomic mass is 9.99. The molecule has 0 bridgehead atoms. The van der Waals surface area contributed by atoms with Crippen LogP contribution in [0.4, 0.5) is 0 Å². The predicted octanol–water partition coefficient (Wildman–Crippen LogP) is 1.64. The fourth-order valence-corrected chi connectivity index (χ4v) is 2.63. The van der Waals surface area contributed by atoms with Gasteiger partial charge in [0.15, 0.2) is 5.16 Å². The van der Waals surface area contributed by atoms with Gasteiger partial charge in [-0.25, -0.2) is 4.98 Å². The fourth-order valence-electron chi connectivity index (χ4n) is 1.60. The third kappa shape index (κ3) is 4.55. The Bertz CT molecular complexity index is 289. The molecule has 92 valence electrons. The molecule has 1 heterocycles. The molecular formula is C11H21N3OS. The zero-order valence-electron chi connectivity index (χ0n) is 10.2. The Balaban J connectivity index is 2.33. The third-order valence-corrected chi connectivity index (χ3v) is 3.26. The number of aliphatic hydroxyl groups excluding tert-OH is 1. The summed E-state index contributed by atoms with van der Waals surface area (Å²) in [6.45, 7) is 6.39. The molecule has 0 fully saturated rings. The van der Waals surface area contributed by atoms with Gasteiger partial charge in [-0.2, -0.15) is 0 Å². The summed E-state index contributed by atoms with van der Waals surface area (Å²) in [4.78, 5) is 7.20. The van der Waals surface area contributed by atoms with Crippen molar-refractivity contribution in [1.82, 2.24) is 15.3 Å². The van der Waals surface area contributed by atoms with Crippen molar-refractivity contribution in [2.45, 2.75) is 43.9 Å². The second-order valence-corrected chi connectivity index (χ2v) is 5.59. The Morgan fingerprint density at radius 1 is 1.62 bits per heavy atom. The van der Waals surface area contributed by atoms with Crippen LogP contribution in [0.3, 0.4) is 0 Å². The van der Waals surface area contributed by atoms with Gasteiger partial charge >= 0.3 is 0 Å². The highest BCUT2D eigenvalue weighted by atomic mass is 32.2. The molecule has 3 N–H and O–H groups in total. The number of H-pyrrole nitrogens is 1. The van der Waals surface area contributed by atoms with Crippen molar-refractivity contribution in [1.29, 1.82) is 0 Å². The summed E-state index contributed by atoms with van der Waals surface area (Å²) in [5.74, 6) is 0.935. The highest BCUT2D eigenvalue weighted by Gasteiger charge is 2.23. The average Bonchev–Trinajstić information content (AvgIpc) is 2.69. The number of hydrogen-bond acceptors (Lipinski definition) is 4. The van der Waals surface area contributed by atoms with Crippen molar-refractivity contribution in [2.24, 2.45) is 0 Å². The number of thioether (sulfide) groups is 1. The van der Waals surface area contributed by atoms with Crippen molar-refractivity contribution in [3.63, 3.8) is 0 Å². The van der Waals surface area contributed by atoms with Crippen LogP contribution in [-0.4, -0.2) is 39.0 Å². The SMILES string of the molecule is CC(C)NC(C)(CO)CCSc1ncc[nH]1. The minimum Gasteiger partial charge on any atom is -0.394 e. The van der Waals surface area contributed by atoms with Gasteiger partial charge in [0.2, 0.25) is 0 Å². The van der Waals surface area contributed by atoms with Gasteiger partial charge in [-0.3, -0.25) is 0 Å². The minimum absolute atomic E-state index is 0.157. The van der Waals surface area contributed by atoms with Crippen molar-refractivity contribution >= 4 is 11.8 Å². The van der Waals surface area contributed by atoms with Gasteiger partial charge in [0.05, 0.1) is 6.61 Å². The number of nitrogens with zero attached hydrogens (tertiary/aromatic N) is 1. The molecule has 5 heteroatoms. The number of aromatic amines is 1. The molecule has 0 saturated carbocycles.